The minimum absolute atomic E-state index is 0.0493. The maximum absolute atomic E-state index is 12.3. The molecule has 4 nitrogen and oxygen atoms in total. The number of allylic oxidation sites excluding steroid dienone is 1. The van der Waals surface area contributed by atoms with Crippen LogP contribution in [0.5, 0.6) is 0 Å². The summed E-state index contributed by atoms with van der Waals surface area (Å²) < 4.78 is 1.45. The molecule has 0 fully saturated rings. The highest BCUT2D eigenvalue weighted by molar-refractivity contribution is 5.88. The zero-order valence-corrected chi connectivity index (χ0v) is 15.3. The van der Waals surface area contributed by atoms with Crippen molar-refractivity contribution in [1.29, 1.82) is 0 Å². The van der Waals surface area contributed by atoms with Crippen molar-refractivity contribution in [3.05, 3.63) is 36.9 Å². The van der Waals surface area contributed by atoms with Crippen molar-refractivity contribution >= 4 is 16.9 Å². The van der Waals surface area contributed by atoms with Crippen LogP contribution < -0.4 is 0 Å². The summed E-state index contributed by atoms with van der Waals surface area (Å²) in [7, 11) is 0. The average molecular weight is 341 g/mol. The summed E-state index contributed by atoms with van der Waals surface area (Å²) in [5, 5.41) is 8.02. The van der Waals surface area contributed by atoms with E-state index in [1.54, 1.807) is 0 Å². The van der Waals surface area contributed by atoms with Crippen LogP contribution in [0, 0.1) is 0 Å². The second-order valence-corrected chi connectivity index (χ2v) is 6.75. The molecule has 0 saturated heterocycles. The van der Waals surface area contributed by atoms with Crippen molar-refractivity contribution in [2.45, 2.75) is 77.0 Å². The Balaban J connectivity index is 1.49. The first-order valence-electron chi connectivity index (χ1n) is 9.77. The van der Waals surface area contributed by atoms with Crippen LogP contribution >= 0.6 is 0 Å². The number of para-hydroxylation sites is 1. The summed E-state index contributed by atoms with van der Waals surface area (Å²) in [6, 6.07) is 7.60. The van der Waals surface area contributed by atoms with E-state index >= 15 is 0 Å². The van der Waals surface area contributed by atoms with Gasteiger partial charge < -0.3 is 0 Å². The van der Waals surface area contributed by atoms with Gasteiger partial charge in [0.1, 0.15) is 5.52 Å². The van der Waals surface area contributed by atoms with Crippen molar-refractivity contribution < 1.29 is 4.79 Å². The van der Waals surface area contributed by atoms with E-state index in [0.29, 0.717) is 6.42 Å². The first-order valence-corrected chi connectivity index (χ1v) is 9.77. The number of carbonyl (C=O) groups excluding carboxylic acids is 1. The number of rotatable bonds is 13. The van der Waals surface area contributed by atoms with Gasteiger partial charge in [-0.15, -0.1) is 11.7 Å². The maximum atomic E-state index is 12.3. The summed E-state index contributed by atoms with van der Waals surface area (Å²) >= 11 is 0. The third-order valence-corrected chi connectivity index (χ3v) is 4.64. The molecule has 0 unspecified atom stereocenters. The summed E-state index contributed by atoms with van der Waals surface area (Å²) in [6.07, 6.45) is 16.3. The lowest BCUT2D eigenvalue weighted by atomic mass is 10.1. The average Bonchev–Trinajstić information content (AvgIpc) is 3.06. The molecule has 0 aliphatic carbocycles. The molecule has 0 saturated carbocycles. The first kappa shape index (κ1) is 19.4. The number of benzene rings is 1. The molecule has 4 heteroatoms. The molecule has 0 radical (unpaired) electrons. The molecule has 2 aromatic rings. The molecule has 0 aliphatic rings. The van der Waals surface area contributed by atoms with E-state index in [0.717, 1.165) is 30.3 Å². The predicted molar refractivity (Wildman–Crippen MR) is 104 cm³/mol. The Labute approximate surface area is 151 Å². The highest BCUT2D eigenvalue weighted by Crippen LogP contribution is 2.14. The third kappa shape index (κ3) is 6.81. The van der Waals surface area contributed by atoms with E-state index in [4.69, 9.17) is 0 Å². The Kier molecular flexibility index (Phi) is 8.95. The van der Waals surface area contributed by atoms with Gasteiger partial charge in [-0.1, -0.05) is 74.8 Å². The fourth-order valence-corrected chi connectivity index (χ4v) is 3.14. The van der Waals surface area contributed by atoms with Gasteiger partial charge in [-0.2, -0.15) is 4.68 Å². The van der Waals surface area contributed by atoms with E-state index < -0.39 is 0 Å². The monoisotopic (exact) mass is 341 g/mol. The molecule has 136 valence electrons. The van der Waals surface area contributed by atoms with Crippen LogP contribution in [0.4, 0.5) is 0 Å². The molecule has 1 aromatic carbocycles. The van der Waals surface area contributed by atoms with Crippen LogP contribution in [0.3, 0.4) is 0 Å². The normalized spacial score (nSPS) is 11.0. The molecule has 0 N–H and O–H groups in total. The van der Waals surface area contributed by atoms with E-state index in [1.165, 1.54) is 56.0 Å². The Morgan fingerprint density at radius 3 is 2.20 bits per heavy atom. The zero-order chi connectivity index (χ0) is 17.7. The standard InChI is InChI=1S/C21H31N3O/c1-2-3-4-5-6-7-8-9-10-11-12-13-18-21(25)24-20-17-15-14-16-19(20)22-23-24/h2,14-17H,1,3-13,18H2. The molecule has 1 heterocycles. The minimum atomic E-state index is 0.0493. The Hall–Kier alpha value is -1.97. The molecule has 1 aromatic heterocycles. The van der Waals surface area contributed by atoms with Crippen molar-refractivity contribution in [2.24, 2.45) is 0 Å². The topological polar surface area (TPSA) is 47.8 Å². The maximum Gasteiger partial charge on any atom is 0.248 e. The Morgan fingerprint density at radius 2 is 1.52 bits per heavy atom. The van der Waals surface area contributed by atoms with Gasteiger partial charge in [-0.3, -0.25) is 4.79 Å². The zero-order valence-electron chi connectivity index (χ0n) is 15.3. The Morgan fingerprint density at radius 1 is 0.920 bits per heavy atom. The molecule has 2 rings (SSSR count). The van der Waals surface area contributed by atoms with E-state index in [-0.39, 0.29) is 5.91 Å². The first-order chi connectivity index (χ1) is 12.3. The lowest BCUT2D eigenvalue weighted by Gasteiger charge is -2.03. The number of unbranched alkanes of at least 4 members (excludes halogenated alkanes) is 10. The summed E-state index contributed by atoms with van der Waals surface area (Å²) in [6.45, 7) is 3.75. The molecule has 0 atom stereocenters. The molecular weight excluding hydrogens is 310 g/mol. The van der Waals surface area contributed by atoms with Gasteiger partial charge in [0.05, 0.1) is 5.52 Å². The van der Waals surface area contributed by atoms with Crippen LogP contribution in [-0.4, -0.2) is 20.9 Å². The molecule has 25 heavy (non-hydrogen) atoms. The molecule has 0 aliphatic heterocycles. The van der Waals surface area contributed by atoms with Gasteiger partial charge in [0.25, 0.3) is 0 Å². The van der Waals surface area contributed by atoms with Crippen molar-refractivity contribution in [2.75, 3.05) is 0 Å². The van der Waals surface area contributed by atoms with Gasteiger partial charge in [0, 0.05) is 6.42 Å². The molecular formula is C21H31N3O. The summed E-state index contributed by atoms with van der Waals surface area (Å²) in [5.74, 6) is 0.0493. The predicted octanol–water partition coefficient (Wildman–Crippen LogP) is 5.94. The fraction of sp³-hybridized carbons (Fsp3) is 0.571. The second-order valence-electron chi connectivity index (χ2n) is 6.75. The van der Waals surface area contributed by atoms with E-state index in [1.807, 2.05) is 30.3 Å². The van der Waals surface area contributed by atoms with Gasteiger partial charge >= 0.3 is 0 Å². The molecule has 0 amide bonds. The number of hydrogen-bond acceptors (Lipinski definition) is 3. The van der Waals surface area contributed by atoms with Crippen LogP contribution in [0.15, 0.2) is 36.9 Å². The van der Waals surface area contributed by atoms with Gasteiger partial charge in [-0.25, -0.2) is 0 Å². The van der Waals surface area contributed by atoms with Crippen LogP contribution in [-0.2, 0) is 0 Å². The Bertz CT molecular complexity index is 647. The van der Waals surface area contributed by atoms with Crippen molar-refractivity contribution in [3.63, 3.8) is 0 Å². The number of carbonyl (C=O) groups is 1. The lowest BCUT2D eigenvalue weighted by molar-refractivity contribution is 0.0886. The minimum Gasteiger partial charge on any atom is -0.273 e. The van der Waals surface area contributed by atoms with E-state index in [2.05, 4.69) is 16.9 Å². The largest absolute Gasteiger partial charge is 0.273 e. The second kappa shape index (κ2) is 11.6. The number of hydrogen-bond donors (Lipinski definition) is 0. The highest BCUT2D eigenvalue weighted by atomic mass is 16.2. The van der Waals surface area contributed by atoms with E-state index in [9.17, 15) is 4.79 Å². The van der Waals surface area contributed by atoms with Crippen molar-refractivity contribution in [3.8, 4) is 0 Å². The van der Waals surface area contributed by atoms with Gasteiger partial charge in [0.15, 0.2) is 0 Å². The van der Waals surface area contributed by atoms with Crippen LogP contribution in [0.2, 0.25) is 0 Å². The van der Waals surface area contributed by atoms with Crippen LogP contribution in [0.1, 0.15) is 81.8 Å². The summed E-state index contributed by atoms with van der Waals surface area (Å²) in [5.41, 5.74) is 1.58. The highest BCUT2D eigenvalue weighted by Gasteiger charge is 2.10. The third-order valence-electron chi connectivity index (χ3n) is 4.64. The quantitative estimate of drug-likeness (QED) is 0.334. The lowest BCUT2D eigenvalue weighted by Crippen LogP contribution is -2.12. The van der Waals surface area contributed by atoms with Crippen LogP contribution in [0.25, 0.3) is 11.0 Å². The number of fused-ring (bicyclic) bond motifs is 1. The number of nitrogens with zero attached hydrogens (tertiary/aromatic N) is 3. The van der Waals surface area contributed by atoms with Gasteiger partial charge in [0.2, 0.25) is 5.91 Å². The van der Waals surface area contributed by atoms with Crippen molar-refractivity contribution in [1.82, 2.24) is 15.0 Å². The molecule has 0 spiro atoms. The number of aromatic nitrogens is 3. The fourth-order valence-electron chi connectivity index (χ4n) is 3.14. The molecule has 0 bridgehead atoms. The van der Waals surface area contributed by atoms with Gasteiger partial charge in [-0.05, 0) is 31.4 Å². The smallest absolute Gasteiger partial charge is 0.248 e. The SMILES string of the molecule is C=CCCCCCCCCCCCCC(=O)n1nnc2ccccc21. The summed E-state index contributed by atoms with van der Waals surface area (Å²) in [4.78, 5) is 12.3.